The molecule has 3 aliphatic heterocycles. The van der Waals surface area contributed by atoms with Crippen molar-refractivity contribution in [1.82, 2.24) is 19.7 Å². The van der Waals surface area contributed by atoms with Gasteiger partial charge in [0.05, 0.1) is 22.8 Å². The Labute approximate surface area is 311 Å². The molecule has 4 heterocycles. The molecule has 1 N–H and O–H groups in total. The monoisotopic (exact) mass is 741 g/mol. The third-order valence-corrected chi connectivity index (χ3v) is 9.85. The van der Waals surface area contributed by atoms with E-state index < -0.39 is 41.3 Å². The highest BCUT2D eigenvalue weighted by molar-refractivity contribution is 6.31. The van der Waals surface area contributed by atoms with E-state index in [2.05, 4.69) is 44.0 Å². The van der Waals surface area contributed by atoms with Crippen LogP contribution in [0.15, 0.2) is 65.8 Å². The average Bonchev–Trinajstić information content (AvgIpc) is 3.79. The molecule has 0 spiro atoms. The lowest BCUT2D eigenvalue weighted by Crippen LogP contribution is -2.49. The molecule has 3 aliphatic rings. The molecule has 0 saturated carbocycles. The van der Waals surface area contributed by atoms with Gasteiger partial charge in [0.15, 0.2) is 11.6 Å². The zero-order chi connectivity index (χ0) is 37.6. The lowest BCUT2D eigenvalue weighted by Gasteiger charge is -2.40. The number of fused-ring (bicyclic) bond motifs is 2. The highest BCUT2D eigenvalue weighted by Gasteiger charge is 2.43. The van der Waals surface area contributed by atoms with Crippen LogP contribution in [0.4, 0.5) is 15.8 Å². The van der Waals surface area contributed by atoms with Crippen LogP contribution in [0, 0.1) is 5.82 Å². The maximum atomic E-state index is 14.9. The SMILES string of the molecule is CC(C)c1nnc2n1CCN(c1cccc3c1CCN(C(=O)[C@H]1CC(c4cccc(Cl)c4F)=NO1)[C@@H]3C(=O)Nc1ccc(C(=O)OC(C)(C)C)cc1)C2. The molecule has 2 atom stereocenters. The van der Waals surface area contributed by atoms with E-state index in [1.165, 1.54) is 17.0 Å². The Morgan fingerprint density at radius 2 is 1.75 bits per heavy atom. The van der Waals surface area contributed by atoms with Crippen molar-refractivity contribution in [3.8, 4) is 0 Å². The van der Waals surface area contributed by atoms with Crippen LogP contribution >= 0.6 is 11.6 Å². The average molecular weight is 742 g/mol. The fourth-order valence-corrected chi connectivity index (χ4v) is 7.27. The van der Waals surface area contributed by atoms with Gasteiger partial charge in [-0.05, 0) is 80.8 Å². The Bertz CT molecular complexity index is 2110. The van der Waals surface area contributed by atoms with Crippen molar-refractivity contribution in [2.75, 3.05) is 23.3 Å². The Morgan fingerprint density at radius 1 is 1.00 bits per heavy atom. The van der Waals surface area contributed by atoms with Gasteiger partial charge >= 0.3 is 5.97 Å². The summed E-state index contributed by atoms with van der Waals surface area (Å²) >= 11 is 6.01. The number of oxime groups is 1. The molecule has 0 saturated heterocycles. The second-order valence-corrected chi connectivity index (χ2v) is 15.1. The van der Waals surface area contributed by atoms with Crippen LogP contribution in [0.1, 0.15) is 91.7 Å². The summed E-state index contributed by atoms with van der Waals surface area (Å²) in [6.07, 6.45) is -0.581. The summed E-state index contributed by atoms with van der Waals surface area (Å²) in [6.45, 7) is 11.8. The lowest BCUT2D eigenvalue weighted by atomic mass is 9.89. The molecule has 7 rings (SSSR count). The number of hydrogen-bond donors (Lipinski definition) is 1. The van der Waals surface area contributed by atoms with E-state index >= 15 is 0 Å². The van der Waals surface area contributed by atoms with E-state index in [0.29, 0.717) is 29.8 Å². The van der Waals surface area contributed by atoms with Crippen molar-refractivity contribution in [3.05, 3.63) is 105 Å². The fourth-order valence-electron chi connectivity index (χ4n) is 7.10. The second-order valence-electron chi connectivity index (χ2n) is 14.7. The van der Waals surface area contributed by atoms with Crippen molar-refractivity contribution in [1.29, 1.82) is 0 Å². The zero-order valence-electron chi connectivity index (χ0n) is 30.2. The number of anilines is 2. The molecule has 3 aromatic carbocycles. The number of rotatable bonds is 7. The lowest BCUT2D eigenvalue weighted by molar-refractivity contribution is -0.148. The molecule has 0 bridgehead atoms. The first kappa shape index (κ1) is 36.1. The summed E-state index contributed by atoms with van der Waals surface area (Å²) in [4.78, 5) is 50.6. The summed E-state index contributed by atoms with van der Waals surface area (Å²) in [5.74, 6) is 0.0667. The Balaban J connectivity index is 1.18. The predicted octanol–water partition coefficient (Wildman–Crippen LogP) is 6.43. The van der Waals surface area contributed by atoms with E-state index in [1.54, 1.807) is 51.1 Å². The van der Waals surface area contributed by atoms with E-state index in [0.717, 1.165) is 36.0 Å². The minimum absolute atomic E-state index is 0.00673. The van der Waals surface area contributed by atoms with Gasteiger partial charge in [-0.3, -0.25) is 9.59 Å². The molecular formula is C39H41ClFN7O5. The van der Waals surface area contributed by atoms with Gasteiger partial charge in [-0.1, -0.05) is 48.8 Å². The minimum Gasteiger partial charge on any atom is -0.456 e. The molecule has 2 amide bonds. The Hall–Kier alpha value is -5.30. The number of aromatic nitrogens is 3. The highest BCUT2D eigenvalue weighted by atomic mass is 35.5. The van der Waals surface area contributed by atoms with Crippen LogP contribution in [0.5, 0.6) is 0 Å². The molecule has 0 aliphatic carbocycles. The van der Waals surface area contributed by atoms with Crippen molar-refractivity contribution < 1.29 is 28.3 Å². The number of amides is 2. The molecule has 14 heteroatoms. The standard InChI is InChI=1S/C39H41ClFN7O5/c1-22(2)35-44-43-32-21-46(18-19-47(32)35)30-11-7-8-26-25(30)16-17-48(37(50)31-20-29(45-53-31)27-9-6-10-28(40)33(27)41)34(26)36(49)42-24-14-12-23(13-15-24)38(51)52-39(3,4)5/h6-15,22,31,34H,16-21H2,1-5H3,(H,42,49)/t31-,34+/m1/s1. The van der Waals surface area contributed by atoms with Gasteiger partial charge in [-0.25, -0.2) is 9.18 Å². The minimum atomic E-state index is -1.07. The quantitative estimate of drug-likeness (QED) is 0.215. The van der Waals surface area contributed by atoms with Crippen molar-refractivity contribution in [3.63, 3.8) is 0 Å². The number of halogens is 2. The Kier molecular flexibility index (Phi) is 9.71. The number of hydrogen-bond acceptors (Lipinski definition) is 9. The van der Waals surface area contributed by atoms with Gasteiger partial charge in [0, 0.05) is 48.9 Å². The van der Waals surface area contributed by atoms with Crippen LogP contribution < -0.4 is 10.2 Å². The van der Waals surface area contributed by atoms with Gasteiger partial charge in [0.25, 0.3) is 11.8 Å². The number of benzene rings is 3. The van der Waals surface area contributed by atoms with Crippen molar-refractivity contribution >= 4 is 46.5 Å². The van der Waals surface area contributed by atoms with E-state index in [-0.39, 0.29) is 35.2 Å². The van der Waals surface area contributed by atoms with Crippen LogP contribution in [0.2, 0.25) is 5.02 Å². The van der Waals surface area contributed by atoms with E-state index in [1.807, 2.05) is 18.2 Å². The van der Waals surface area contributed by atoms with Gasteiger partial charge < -0.3 is 29.3 Å². The van der Waals surface area contributed by atoms with Gasteiger partial charge in [0.1, 0.15) is 17.5 Å². The van der Waals surface area contributed by atoms with E-state index in [4.69, 9.17) is 21.2 Å². The summed E-state index contributed by atoms with van der Waals surface area (Å²) in [7, 11) is 0. The van der Waals surface area contributed by atoms with Crippen LogP contribution in [-0.4, -0.2) is 68.0 Å². The molecule has 0 radical (unpaired) electrons. The summed E-state index contributed by atoms with van der Waals surface area (Å²) in [5.41, 5.74) is 3.14. The predicted molar refractivity (Wildman–Crippen MR) is 197 cm³/mol. The van der Waals surface area contributed by atoms with Crippen LogP contribution in [0.3, 0.4) is 0 Å². The molecule has 1 aromatic heterocycles. The summed E-state index contributed by atoms with van der Waals surface area (Å²) < 4.78 is 22.5. The maximum Gasteiger partial charge on any atom is 0.338 e. The number of ether oxygens (including phenoxy) is 1. The first-order chi connectivity index (χ1) is 25.3. The molecule has 4 aromatic rings. The first-order valence-corrected chi connectivity index (χ1v) is 18.1. The topological polar surface area (TPSA) is 131 Å². The highest BCUT2D eigenvalue weighted by Crippen LogP contribution is 2.39. The number of nitrogens with zero attached hydrogens (tertiary/aromatic N) is 6. The smallest absolute Gasteiger partial charge is 0.338 e. The van der Waals surface area contributed by atoms with Gasteiger partial charge in [-0.15, -0.1) is 10.2 Å². The third kappa shape index (κ3) is 7.22. The maximum absolute atomic E-state index is 14.9. The van der Waals surface area contributed by atoms with Gasteiger partial charge in [-0.2, -0.15) is 0 Å². The van der Waals surface area contributed by atoms with Crippen molar-refractivity contribution in [2.24, 2.45) is 5.16 Å². The third-order valence-electron chi connectivity index (χ3n) is 9.56. The molecule has 276 valence electrons. The molecule has 0 fully saturated rings. The number of carbonyl (C=O) groups excluding carboxylic acids is 3. The van der Waals surface area contributed by atoms with Crippen molar-refractivity contribution in [2.45, 2.75) is 84.2 Å². The number of nitrogens with one attached hydrogen (secondary N) is 1. The number of carbonyl (C=O) groups is 3. The largest absolute Gasteiger partial charge is 0.456 e. The normalized spacial score (nSPS) is 18.2. The fraction of sp³-hybridized carbons (Fsp3) is 0.385. The number of esters is 1. The first-order valence-electron chi connectivity index (χ1n) is 17.7. The van der Waals surface area contributed by atoms with Crippen LogP contribution in [0.25, 0.3) is 0 Å². The van der Waals surface area contributed by atoms with Gasteiger partial charge in [0.2, 0.25) is 6.10 Å². The molecule has 12 nitrogen and oxygen atoms in total. The molecular weight excluding hydrogens is 701 g/mol. The van der Waals surface area contributed by atoms with E-state index in [9.17, 15) is 18.8 Å². The Morgan fingerprint density at radius 3 is 2.49 bits per heavy atom. The zero-order valence-corrected chi connectivity index (χ0v) is 31.0. The summed E-state index contributed by atoms with van der Waals surface area (Å²) in [6, 6.07) is 15.8. The summed E-state index contributed by atoms with van der Waals surface area (Å²) in [5, 5.41) is 15.9. The van der Waals surface area contributed by atoms with Crippen LogP contribution in [-0.2, 0) is 38.7 Å². The second kappa shape index (κ2) is 14.3. The molecule has 53 heavy (non-hydrogen) atoms. The molecule has 0 unspecified atom stereocenters.